The van der Waals surface area contributed by atoms with Crippen molar-refractivity contribution < 1.29 is 32.2 Å². The summed E-state index contributed by atoms with van der Waals surface area (Å²) in [7, 11) is 0. The van der Waals surface area contributed by atoms with Crippen molar-refractivity contribution in [2.45, 2.75) is 37.2 Å². The number of fused-ring (bicyclic) bond motifs is 1. The highest BCUT2D eigenvalue weighted by Crippen LogP contribution is 2.39. The van der Waals surface area contributed by atoms with E-state index in [1.807, 2.05) is 23.0 Å². The Labute approximate surface area is 175 Å². The van der Waals surface area contributed by atoms with E-state index in [4.69, 9.17) is 14.2 Å². The summed E-state index contributed by atoms with van der Waals surface area (Å²) in [6.07, 6.45) is 5.22. The van der Waals surface area contributed by atoms with Gasteiger partial charge in [0.15, 0.2) is 11.5 Å². The van der Waals surface area contributed by atoms with Crippen LogP contribution < -0.4 is 19.5 Å². The zero-order valence-corrected chi connectivity index (χ0v) is 16.1. The number of carbonyl (C=O) groups is 1. The van der Waals surface area contributed by atoms with Crippen LogP contribution in [0.4, 0.5) is 13.2 Å². The largest absolute Gasteiger partial charge is 0.470 e. The molecule has 10 heteroatoms. The van der Waals surface area contributed by atoms with E-state index in [2.05, 4.69) is 10.3 Å². The predicted molar refractivity (Wildman–Crippen MR) is 102 cm³/mol. The van der Waals surface area contributed by atoms with Crippen molar-refractivity contribution in [2.75, 3.05) is 6.79 Å². The Balaban J connectivity index is 1.30. The van der Waals surface area contributed by atoms with Crippen LogP contribution in [0.15, 0.2) is 54.1 Å². The topological polar surface area (TPSA) is 74.6 Å². The standard InChI is InChI=1S/C21H18F3N3O4/c22-21(23,24)13-1-4-20(25-7-13)31-14-2-3-15-12(5-14)6-17(16(10-28)26-15)27-8-18-19(9-27)30-11-29-18/h1-4,7-10,14,16-17,26H,5-6,11H2. The maximum absolute atomic E-state index is 12.7. The molecule has 2 aromatic rings. The Morgan fingerprint density at radius 1 is 1.19 bits per heavy atom. The first kappa shape index (κ1) is 19.5. The molecule has 3 aliphatic rings. The van der Waals surface area contributed by atoms with Crippen molar-refractivity contribution >= 4 is 6.29 Å². The van der Waals surface area contributed by atoms with E-state index in [1.54, 1.807) is 6.08 Å². The Morgan fingerprint density at radius 2 is 1.97 bits per heavy atom. The van der Waals surface area contributed by atoms with Gasteiger partial charge >= 0.3 is 6.18 Å². The van der Waals surface area contributed by atoms with E-state index in [-0.39, 0.29) is 24.8 Å². The number of aldehydes is 1. The van der Waals surface area contributed by atoms with Gasteiger partial charge in [-0.05, 0) is 30.2 Å². The van der Waals surface area contributed by atoms with Crippen LogP contribution in [0, 0.1) is 0 Å². The first-order valence-electron chi connectivity index (χ1n) is 9.70. The van der Waals surface area contributed by atoms with Crippen LogP contribution in [0.2, 0.25) is 0 Å². The highest BCUT2D eigenvalue weighted by molar-refractivity contribution is 5.61. The van der Waals surface area contributed by atoms with Gasteiger partial charge in [-0.3, -0.25) is 0 Å². The molecule has 2 aromatic heterocycles. The predicted octanol–water partition coefficient (Wildman–Crippen LogP) is 3.39. The van der Waals surface area contributed by atoms with Crippen LogP contribution in [0.3, 0.4) is 0 Å². The minimum absolute atomic E-state index is 0.119. The average molecular weight is 433 g/mol. The molecular formula is C21H18F3N3O4. The molecule has 0 saturated heterocycles. The number of pyridine rings is 1. The SMILES string of the molecule is O=CC1NC2=C(CC(Oc3ccc(C(F)(F)F)cn3)C=C2)CC1n1cc2c(c1)OCO2. The lowest BCUT2D eigenvalue weighted by Gasteiger charge is -2.36. The molecule has 0 radical (unpaired) electrons. The number of nitrogens with one attached hydrogen (secondary N) is 1. The van der Waals surface area contributed by atoms with Crippen LogP contribution in [0.5, 0.6) is 17.4 Å². The average Bonchev–Trinajstić information content (AvgIpc) is 3.35. The minimum Gasteiger partial charge on any atom is -0.470 e. The van der Waals surface area contributed by atoms with Crippen LogP contribution in [0.25, 0.3) is 0 Å². The molecule has 0 amide bonds. The van der Waals surface area contributed by atoms with Crippen LogP contribution >= 0.6 is 0 Å². The molecule has 31 heavy (non-hydrogen) atoms. The second-order valence-corrected chi connectivity index (χ2v) is 7.54. The van der Waals surface area contributed by atoms with Crippen molar-refractivity contribution in [3.8, 4) is 17.4 Å². The summed E-state index contributed by atoms with van der Waals surface area (Å²) >= 11 is 0. The van der Waals surface area contributed by atoms with E-state index >= 15 is 0 Å². The molecule has 2 aliphatic heterocycles. The molecule has 3 unspecified atom stereocenters. The van der Waals surface area contributed by atoms with E-state index in [1.165, 1.54) is 6.07 Å². The number of aromatic nitrogens is 2. The number of halogens is 3. The van der Waals surface area contributed by atoms with Gasteiger partial charge in [0, 0.05) is 24.4 Å². The number of allylic oxidation sites excluding steroid dienone is 1. The van der Waals surface area contributed by atoms with Crippen LogP contribution in [-0.2, 0) is 11.0 Å². The molecule has 0 saturated carbocycles. The van der Waals surface area contributed by atoms with Gasteiger partial charge in [0.05, 0.1) is 24.0 Å². The number of hydrogen-bond donors (Lipinski definition) is 1. The second kappa shape index (κ2) is 7.36. The summed E-state index contributed by atoms with van der Waals surface area (Å²) in [5, 5.41) is 3.25. The van der Waals surface area contributed by atoms with Crippen molar-refractivity contribution in [2.24, 2.45) is 0 Å². The van der Waals surface area contributed by atoms with Gasteiger partial charge in [0.25, 0.3) is 0 Å². The first-order chi connectivity index (χ1) is 14.9. The normalized spacial score (nSPS) is 24.5. The molecule has 162 valence electrons. The quantitative estimate of drug-likeness (QED) is 0.746. The molecule has 0 aromatic carbocycles. The molecule has 7 nitrogen and oxygen atoms in total. The second-order valence-electron chi connectivity index (χ2n) is 7.54. The fourth-order valence-electron chi connectivity index (χ4n) is 4.01. The van der Waals surface area contributed by atoms with Crippen molar-refractivity contribution in [1.29, 1.82) is 0 Å². The summed E-state index contributed by atoms with van der Waals surface area (Å²) in [5.41, 5.74) is 1.09. The molecule has 4 heterocycles. The number of hydrogen-bond acceptors (Lipinski definition) is 6. The number of nitrogens with zero attached hydrogens (tertiary/aromatic N) is 2. The smallest absolute Gasteiger partial charge is 0.417 e. The third kappa shape index (κ3) is 3.73. The lowest BCUT2D eigenvalue weighted by Crippen LogP contribution is -2.43. The summed E-state index contributed by atoms with van der Waals surface area (Å²) < 4.78 is 56.6. The van der Waals surface area contributed by atoms with Crippen LogP contribution in [0.1, 0.15) is 24.4 Å². The van der Waals surface area contributed by atoms with Crippen molar-refractivity contribution in [3.63, 3.8) is 0 Å². The fraction of sp³-hybridized carbons (Fsp3) is 0.333. The fourth-order valence-corrected chi connectivity index (χ4v) is 4.01. The summed E-state index contributed by atoms with van der Waals surface area (Å²) in [6, 6.07) is 1.56. The number of alkyl halides is 3. The maximum Gasteiger partial charge on any atom is 0.417 e. The first-order valence-corrected chi connectivity index (χ1v) is 9.70. The monoisotopic (exact) mass is 433 g/mol. The van der Waals surface area contributed by atoms with Crippen molar-refractivity contribution in [3.05, 3.63) is 59.7 Å². The number of carbonyl (C=O) groups excluding carboxylic acids is 1. The van der Waals surface area contributed by atoms with Gasteiger partial charge < -0.3 is 28.9 Å². The number of ether oxygens (including phenoxy) is 3. The minimum atomic E-state index is -4.44. The van der Waals surface area contributed by atoms with Crippen LogP contribution in [-0.4, -0.2) is 34.8 Å². The zero-order valence-electron chi connectivity index (χ0n) is 16.1. The number of rotatable bonds is 4. The Kier molecular flexibility index (Phi) is 4.64. The molecule has 3 atom stereocenters. The van der Waals surface area contributed by atoms with Gasteiger partial charge in [-0.1, -0.05) is 0 Å². The van der Waals surface area contributed by atoms with Crippen molar-refractivity contribution in [1.82, 2.24) is 14.9 Å². The van der Waals surface area contributed by atoms with Gasteiger partial charge in [-0.25, -0.2) is 4.98 Å². The van der Waals surface area contributed by atoms with Gasteiger partial charge in [-0.15, -0.1) is 0 Å². The van der Waals surface area contributed by atoms with E-state index in [0.29, 0.717) is 24.3 Å². The molecule has 0 bridgehead atoms. The lowest BCUT2D eigenvalue weighted by molar-refractivity contribution is -0.137. The van der Waals surface area contributed by atoms with Gasteiger partial charge in [0.2, 0.25) is 12.7 Å². The maximum atomic E-state index is 12.7. The Morgan fingerprint density at radius 3 is 2.61 bits per heavy atom. The van der Waals surface area contributed by atoms with Gasteiger partial charge in [0.1, 0.15) is 18.4 Å². The van der Waals surface area contributed by atoms with E-state index in [9.17, 15) is 18.0 Å². The van der Waals surface area contributed by atoms with Gasteiger partial charge in [-0.2, -0.15) is 13.2 Å². The Hall–Kier alpha value is -3.43. The highest BCUT2D eigenvalue weighted by atomic mass is 19.4. The molecule has 0 fully saturated rings. The lowest BCUT2D eigenvalue weighted by atomic mass is 9.87. The third-order valence-electron chi connectivity index (χ3n) is 5.57. The molecule has 0 spiro atoms. The highest BCUT2D eigenvalue weighted by Gasteiger charge is 2.34. The molecular weight excluding hydrogens is 415 g/mol. The Bertz CT molecular complexity index is 1040. The molecule has 1 N–H and O–H groups in total. The zero-order chi connectivity index (χ0) is 21.6. The van der Waals surface area contributed by atoms with E-state index < -0.39 is 17.8 Å². The summed E-state index contributed by atoms with van der Waals surface area (Å²) in [4.78, 5) is 15.5. The molecule has 1 aliphatic carbocycles. The third-order valence-corrected chi connectivity index (χ3v) is 5.57. The molecule has 5 rings (SSSR count). The summed E-state index contributed by atoms with van der Waals surface area (Å²) in [6.45, 7) is 0.183. The van der Waals surface area contributed by atoms with E-state index in [0.717, 1.165) is 29.8 Å². The summed E-state index contributed by atoms with van der Waals surface area (Å²) in [5.74, 6) is 1.40.